The number of para-hydroxylation sites is 1. The van der Waals surface area contributed by atoms with Gasteiger partial charge in [-0.25, -0.2) is 4.39 Å². The molecule has 0 radical (unpaired) electrons. The fourth-order valence-electron chi connectivity index (χ4n) is 2.40. The summed E-state index contributed by atoms with van der Waals surface area (Å²) in [7, 11) is 0. The minimum absolute atomic E-state index is 0.0924. The van der Waals surface area contributed by atoms with Crippen molar-refractivity contribution in [1.82, 2.24) is 0 Å². The zero-order valence-electron chi connectivity index (χ0n) is 11.3. The first kappa shape index (κ1) is 14.8. The predicted octanol–water partition coefficient (Wildman–Crippen LogP) is 2.86. The van der Waals surface area contributed by atoms with Crippen LogP contribution in [0, 0.1) is 11.7 Å². The van der Waals surface area contributed by atoms with Gasteiger partial charge in [-0.2, -0.15) is 0 Å². The van der Waals surface area contributed by atoms with Crippen LogP contribution >= 0.6 is 0 Å². The molecule has 110 valence electrons. The van der Waals surface area contributed by atoms with Gasteiger partial charge in [0.15, 0.2) is 11.6 Å². The molecule has 1 aliphatic carbocycles. The average molecular weight is 282 g/mol. The van der Waals surface area contributed by atoms with Gasteiger partial charge in [-0.3, -0.25) is 4.79 Å². The predicted molar refractivity (Wildman–Crippen MR) is 71.2 cm³/mol. The molecule has 0 atom stereocenters. The van der Waals surface area contributed by atoms with E-state index < -0.39 is 5.97 Å². The molecule has 2 rings (SSSR count). The minimum atomic E-state index is -0.716. The second kappa shape index (κ2) is 7.24. The molecule has 1 N–H and O–H groups in total. The van der Waals surface area contributed by atoms with Crippen LogP contribution in [0.5, 0.6) is 5.75 Å². The lowest BCUT2D eigenvalue weighted by molar-refractivity contribution is -0.143. The van der Waals surface area contributed by atoms with E-state index in [9.17, 15) is 9.18 Å². The van der Waals surface area contributed by atoms with E-state index in [1.807, 2.05) is 0 Å². The Kier molecular flexibility index (Phi) is 5.35. The van der Waals surface area contributed by atoms with Crippen LogP contribution in [-0.2, 0) is 9.53 Å². The fraction of sp³-hybridized carbons (Fsp3) is 0.533. The highest BCUT2D eigenvalue weighted by Gasteiger charge is 2.26. The van der Waals surface area contributed by atoms with Gasteiger partial charge in [0.05, 0.1) is 18.6 Å². The van der Waals surface area contributed by atoms with E-state index in [4.69, 9.17) is 14.6 Å². The topological polar surface area (TPSA) is 55.8 Å². The summed E-state index contributed by atoms with van der Waals surface area (Å²) in [4.78, 5) is 10.8. The molecule has 20 heavy (non-hydrogen) atoms. The van der Waals surface area contributed by atoms with Crippen molar-refractivity contribution in [3.05, 3.63) is 30.1 Å². The molecule has 4 nitrogen and oxygen atoms in total. The molecule has 1 aliphatic rings. The van der Waals surface area contributed by atoms with Gasteiger partial charge >= 0.3 is 5.97 Å². The summed E-state index contributed by atoms with van der Waals surface area (Å²) in [5.74, 6) is -1.10. The summed E-state index contributed by atoms with van der Waals surface area (Å²) >= 11 is 0. The lowest BCUT2D eigenvalue weighted by Gasteiger charge is -2.26. The van der Waals surface area contributed by atoms with E-state index in [2.05, 4.69) is 0 Å². The van der Waals surface area contributed by atoms with Crippen molar-refractivity contribution in [1.29, 1.82) is 0 Å². The number of hydrogen-bond donors (Lipinski definition) is 1. The van der Waals surface area contributed by atoms with Crippen molar-refractivity contribution < 1.29 is 23.8 Å². The molecule has 0 unspecified atom stereocenters. The molecule has 0 spiro atoms. The first-order chi connectivity index (χ1) is 9.66. The number of halogens is 1. The Morgan fingerprint density at radius 2 is 1.90 bits per heavy atom. The number of aliphatic carboxylic acids is 1. The first-order valence-corrected chi connectivity index (χ1v) is 6.88. The molecule has 0 saturated heterocycles. The number of hydrogen-bond acceptors (Lipinski definition) is 3. The normalized spacial score (nSPS) is 22.4. The maximum Gasteiger partial charge on any atom is 0.306 e. The highest BCUT2D eigenvalue weighted by Crippen LogP contribution is 2.26. The van der Waals surface area contributed by atoms with E-state index in [1.165, 1.54) is 6.07 Å². The molecule has 1 aromatic rings. The maximum atomic E-state index is 13.3. The summed E-state index contributed by atoms with van der Waals surface area (Å²) in [6, 6.07) is 6.25. The maximum absolute atomic E-state index is 13.3. The molecule has 0 amide bonds. The Morgan fingerprint density at radius 3 is 2.55 bits per heavy atom. The van der Waals surface area contributed by atoms with Crippen molar-refractivity contribution in [3.63, 3.8) is 0 Å². The zero-order chi connectivity index (χ0) is 14.4. The Balaban J connectivity index is 1.63. The number of carboxylic acids is 1. The second-order valence-electron chi connectivity index (χ2n) is 4.96. The van der Waals surface area contributed by atoms with Gasteiger partial charge in [-0.05, 0) is 37.8 Å². The highest BCUT2D eigenvalue weighted by molar-refractivity contribution is 5.70. The Hall–Kier alpha value is -1.62. The Bertz CT molecular complexity index is 441. The van der Waals surface area contributed by atoms with E-state index >= 15 is 0 Å². The number of benzene rings is 1. The van der Waals surface area contributed by atoms with Gasteiger partial charge < -0.3 is 14.6 Å². The largest absolute Gasteiger partial charge is 0.488 e. The van der Waals surface area contributed by atoms with Gasteiger partial charge in [0.2, 0.25) is 0 Å². The molecule has 1 aromatic carbocycles. The van der Waals surface area contributed by atoms with E-state index in [-0.39, 0.29) is 23.6 Å². The first-order valence-electron chi connectivity index (χ1n) is 6.88. The molecule has 0 bridgehead atoms. The van der Waals surface area contributed by atoms with E-state index in [0.29, 0.717) is 26.1 Å². The van der Waals surface area contributed by atoms with Crippen LogP contribution in [0.1, 0.15) is 25.7 Å². The smallest absolute Gasteiger partial charge is 0.306 e. The molecule has 1 saturated carbocycles. The Morgan fingerprint density at radius 1 is 1.20 bits per heavy atom. The quantitative estimate of drug-likeness (QED) is 0.815. The summed E-state index contributed by atoms with van der Waals surface area (Å²) in [6.07, 6.45) is 2.94. The third-order valence-corrected chi connectivity index (χ3v) is 3.55. The molecular formula is C15H19FO4. The van der Waals surface area contributed by atoms with Crippen LogP contribution in [0.2, 0.25) is 0 Å². The van der Waals surface area contributed by atoms with E-state index in [0.717, 1.165) is 12.8 Å². The van der Waals surface area contributed by atoms with Gasteiger partial charge in [-0.1, -0.05) is 12.1 Å². The van der Waals surface area contributed by atoms with Crippen molar-refractivity contribution in [2.45, 2.75) is 31.8 Å². The van der Waals surface area contributed by atoms with Crippen LogP contribution in [-0.4, -0.2) is 30.4 Å². The number of carbonyl (C=O) groups is 1. The van der Waals surface area contributed by atoms with E-state index in [1.54, 1.807) is 18.2 Å². The molecule has 5 heteroatoms. The van der Waals surface area contributed by atoms with Crippen LogP contribution in [0.15, 0.2) is 24.3 Å². The van der Waals surface area contributed by atoms with Crippen molar-refractivity contribution in [3.8, 4) is 5.75 Å². The zero-order valence-corrected chi connectivity index (χ0v) is 11.3. The van der Waals surface area contributed by atoms with Crippen molar-refractivity contribution in [2.75, 3.05) is 13.2 Å². The second-order valence-corrected chi connectivity index (χ2v) is 4.96. The SMILES string of the molecule is O=C(O)C1CCC(OCCOc2ccccc2F)CC1. The molecule has 0 aromatic heterocycles. The minimum Gasteiger partial charge on any atom is -0.488 e. The molecule has 0 aliphatic heterocycles. The monoisotopic (exact) mass is 282 g/mol. The summed E-state index contributed by atoms with van der Waals surface area (Å²) < 4.78 is 24.2. The standard InChI is InChI=1S/C15H19FO4/c16-13-3-1-2-4-14(13)20-10-9-19-12-7-5-11(6-8-12)15(17)18/h1-4,11-12H,5-10H2,(H,17,18). The summed E-state index contributed by atoms with van der Waals surface area (Å²) in [5.41, 5.74) is 0. The Labute approximate surface area is 117 Å². The number of rotatable bonds is 6. The van der Waals surface area contributed by atoms with Gasteiger partial charge in [0.1, 0.15) is 6.61 Å². The van der Waals surface area contributed by atoms with Gasteiger partial charge in [-0.15, -0.1) is 0 Å². The highest BCUT2D eigenvalue weighted by atomic mass is 19.1. The third kappa shape index (κ3) is 4.20. The molecule has 1 fully saturated rings. The number of ether oxygens (including phenoxy) is 2. The average Bonchev–Trinajstić information content (AvgIpc) is 2.46. The molecule has 0 heterocycles. The summed E-state index contributed by atoms with van der Waals surface area (Å²) in [5, 5.41) is 8.89. The molecular weight excluding hydrogens is 263 g/mol. The third-order valence-electron chi connectivity index (χ3n) is 3.55. The van der Waals surface area contributed by atoms with Gasteiger partial charge in [0.25, 0.3) is 0 Å². The summed E-state index contributed by atoms with van der Waals surface area (Å²) in [6.45, 7) is 0.677. The van der Waals surface area contributed by atoms with Crippen molar-refractivity contribution in [2.24, 2.45) is 5.92 Å². The van der Waals surface area contributed by atoms with Crippen LogP contribution in [0.3, 0.4) is 0 Å². The van der Waals surface area contributed by atoms with Crippen molar-refractivity contribution >= 4 is 5.97 Å². The fourth-order valence-corrected chi connectivity index (χ4v) is 2.40. The lowest BCUT2D eigenvalue weighted by atomic mass is 9.87. The van der Waals surface area contributed by atoms with Crippen LogP contribution in [0.25, 0.3) is 0 Å². The lowest BCUT2D eigenvalue weighted by Crippen LogP contribution is -2.27. The van der Waals surface area contributed by atoms with Crippen LogP contribution < -0.4 is 4.74 Å². The van der Waals surface area contributed by atoms with Gasteiger partial charge in [0, 0.05) is 0 Å². The number of carboxylic acid groups (broad SMARTS) is 1. The van der Waals surface area contributed by atoms with Crippen LogP contribution in [0.4, 0.5) is 4.39 Å².